The Morgan fingerprint density at radius 1 is 0.939 bits per heavy atom. The monoisotopic (exact) mass is 486 g/mol. The van der Waals surface area contributed by atoms with Crippen molar-refractivity contribution in [2.75, 3.05) is 6.61 Å². The summed E-state index contributed by atoms with van der Waals surface area (Å²) in [5.41, 5.74) is 2.25. The third kappa shape index (κ3) is 5.11. The molecule has 2 fully saturated rings. The quantitative estimate of drug-likeness (QED) is 0.432. The van der Waals surface area contributed by atoms with E-state index in [1.807, 2.05) is 18.2 Å². The Hall–Kier alpha value is -1.15. The number of benzene rings is 2. The maximum atomic E-state index is 7.07. The highest BCUT2D eigenvalue weighted by Crippen LogP contribution is 2.56. The summed E-state index contributed by atoms with van der Waals surface area (Å²) in [6.07, 6.45) is -0.448. The van der Waals surface area contributed by atoms with Gasteiger partial charge < -0.3 is 18.3 Å². The normalized spacial score (nSPS) is 27.4. The highest BCUT2D eigenvalue weighted by molar-refractivity contribution is 7.99. The molecule has 2 saturated heterocycles. The first-order chi connectivity index (χ1) is 15.5. The summed E-state index contributed by atoms with van der Waals surface area (Å²) in [5, 5.41) is -0.162. The molecule has 0 unspecified atom stereocenters. The lowest BCUT2D eigenvalue weighted by atomic mass is 10.1. The Labute approximate surface area is 204 Å². The Balaban J connectivity index is 1.62. The lowest BCUT2D eigenvalue weighted by Crippen LogP contribution is -2.65. The van der Waals surface area contributed by atoms with Crippen LogP contribution in [0.3, 0.4) is 0 Å². The fourth-order valence-electron chi connectivity index (χ4n) is 5.09. The Kier molecular flexibility index (Phi) is 7.17. The topological polar surface area (TPSA) is 36.9 Å². The smallest absolute Gasteiger partial charge is 0.349 e. The third-order valence-electron chi connectivity index (χ3n) is 6.55. The lowest BCUT2D eigenvalue weighted by molar-refractivity contribution is -0.0800. The first-order valence-corrected chi connectivity index (χ1v) is 14.6. The number of ether oxygens (including phenoxy) is 2. The van der Waals surface area contributed by atoms with E-state index in [0.29, 0.717) is 13.2 Å². The van der Waals surface area contributed by atoms with E-state index in [1.165, 1.54) is 10.5 Å². The maximum Gasteiger partial charge on any atom is 0.349 e. The van der Waals surface area contributed by atoms with Gasteiger partial charge in [-0.25, -0.2) is 0 Å². The SMILES string of the molecule is Cc1ccc(S[C@H]2O[C@@H]3CO[Si](C(C)(C)C)(C(C)(C)C)O[C@H]3[C@@H]2OCc2ccccc2)cc1. The zero-order chi connectivity index (χ0) is 23.9. The number of hydrogen-bond donors (Lipinski definition) is 0. The molecule has 0 spiro atoms. The molecule has 4 atom stereocenters. The molecule has 2 aliphatic heterocycles. The van der Waals surface area contributed by atoms with Crippen molar-refractivity contribution in [2.24, 2.45) is 0 Å². The molecule has 0 saturated carbocycles. The number of fused-ring (bicyclic) bond motifs is 1. The summed E-state index contributed by atoms with van der Waals surface area (Å²) in [4.78, 5) is 1.17. The summed E-state index contributed by atoms with van der Waals surface area (Å²) in [6.45, 7) is 16.7. The molecule has 2 aromatic rings. The molecule has 4 rings (SSSR count). The van der Waals surface area contributed by atoms with Crippen LogP contribution in [0.1, 0.15) is 52.7 Å². The summed E-state index contributed by atoms with van der Waals surface area (Å²) in [7, 11) is -2.62. The largest absolute Gasteiger partial charge is 0.391 e. The zero-order valence-corrected chi connectivity index (χ0v) is 22.8. The van der Waals surface area contributed by atoms with E-state index in [-0.39, 0.29) is 33.8 Å². The second-order valence-electron chi connectivity index (χ2n) is 11.2. The van der Waals surface area contributed by atoms with Crippen molar-refractivity contribution < 1.29 is 18.3 Å². The van der Waals surface area contributed by atoms with Gasteiger partial charge in [0, 0.05) is 15.0 Å². The molecule has 6 heteroatoms. The second kappa shape index (κ2) is 9.48. The molecule has 0 bridgehead atoms. The van der Waals surface area contributed by atoms with E-state index in [1.54, 1.807) is 11.8 Å². The molecule has 2 aliphatic rings. The number of aryl methyl sites for hydroxylation is 1. The van der Waals surface area contributed by atoms with E-state index >= 15 is 0 Å². The van der Waals surface area contributed by atoms with Crippen molar-refractivity contribution in [3.05, 3.63) is 65.7 Å². The van der Waals surface area contributed by atoms with Gasteiger partial charge in [0.2, 0.25) is 0 Å². The highest BCUT2D eigenvalue weighted by Gasteiger charge is 2.65. The van der Waals surface area contributed by atoms with Crippen molar-refractivity contribution in [3.8, 4) is 0 Å². The van der Waals surface area contributed by atoms with Gasteiger partial charge in [0.05, 0.1) is 13.2 Å². The molecule has 4 nitrogen and oxygen atoms in total. The minimum atomic E-state index is -2.62. The molecule has 0 N–H and O–H groups in total. The van der Waals surface area contributed by atoms with Crippen LogP contribution in [0, 0.1) is 6.92 Å². The molecule has 33 heavy (non-hydrogen) atoms. The maximum absolute atomic E-state index is 7.07. The van der Waals surface area contributed by atoms with Crippen LogP contribution in [0.4, 0.5) is 0 Å². The molecule has 0 radical (unpaired) electrons. The van der Waals surface area contributed by atoms with Gasteiger partial charge in [0.25, 0.3) is 0 Å². The molecule has 0 aliphatic carbocycles. The van der Waals surface area contributed by atoms with Crippen LogP contribution >= 0.6 is 11.8 Å². The molecule has 2 aromatic carbocycles. The van der Waals surface area contributed by atoms with Crippen LogP contribution in [0.25, 0.3) is 0 Å². The van der Waals surface area contributed by atoms with E-state index < -0.39 is 8.56 Å². The van der Waals surface area contributed by atoms with E-state index in [0.717, 1.165) is 5.56 Å². The number of hydrogen-bond acceptors (Lipinski definition) is 5. The molecule has 2 heterocycles. The average molecular weight is 487 g/mol. The van der Waals surface area contributed by atoms with Gasteiger partial charge >= 0.3 is 8.56 Å². The van der Waals surface area contributed by atoms with Crippen molar-refractivity contribution >= 4 is 20.3 Å². The lowest BCUT2D eigenvalue weighted by Gasteiger charge is -2.53. The standard InChI is InChI=1S/C27H38O4SSi/c1-19-13-15-21(16-14-19)32-25-24(28-17-20-11-9-8-10-12-20)23-22(30-25)18-29-33(31-23,26(2,3)4)27(5,6)7/h8-16,22-25H,17-18H2,1-7H3/t22-,23-,24+,25-/m1/s1. The van der Waals surface area contributed by atoms with E-state index in [2.05, 4.69) is 84.9 Å². The van der Waals surface area contributed by atoms with Gasteiger partial charge in [0.1, 0.15) is 23.7 Å². The fraction of sp³-hybridized carbons (Fsp3) is 0.556. The fourth-order valence-corrected chi connectivity index (χ4v) is 11.2. The number of thioether (sulfide) groups is 1. The summed E-state index contributed by atoms with van der Waals surface area (Å²) >= 11 is 1.72. The molecule has 0 amide bonds. The minimum absolute atomic E-state index is 0.0810. The van der Waals surface area contributed by atoms with Crippen LogP contribution in [-0.2, 0) is 24.9 Å². The summed E-state index contributed by atoms with van der Waals surface area (Å²) in [6, 6.07) is 18.9. The molecular formula is C27H38O4SSi. The number of rotatable bonds is 5. The highest BCUT2D eigenvalue weighted by atomic mass is 32.2. The molecule has 180 valence electrons. The predicted molar refractivity (Wildman–Crippen MR) is 137 cm³/mol. The van der Waals surface area contributed by atoms with Gasteiger partial charge in [-0.15, -0.1) is 0 Å². The molecular weight excluding hydrogens is 448 g/mol. The van der Waals surface area contributed by atoms with E-state index in [9.17, 15) is 0 Å². The van der Waals surface area contributed by atoms with Gasteiger partial charge in [-0.1, -0.05) is 101 Å². The van der Waals surface area contributed by atoms with Crippen molar-refractivity contribution in [1.29, 1.82) is 0 Å². The third-order valence-corrected chi connectivity index (χ3v) is 12.8. The van der Waals surface area contributed by atoms with Crippen molar-refractivity contribution in [3.63, 3.8) is 0 Å². The Morgan fingerprint density at radius 3 is 2.18 bits per heavy atom. The van der Waals surface area contributed by atoms with Crippen LogP contribution in [-0.4, -0.2) is 38.9 Å². The first kappa shape index (κ1) is 25.0. The van der Waals surface area contributed by atoms with Crippen molar-refractivity contribution in [1.82, 2.24) is 0 Å². The van der Waals surface area contributed by atoms with Crippen LogP contribution in [0.5, 0.6) is 0 Å². The summed E-state index contributed by atoms with van der Waals surface area (Å²) in [5.74, 6) is 0. The summed E-state index contributed by atoms with van der Waals surface area (Å²) < 4.78 is 26.8. The van der Waals surface area contributed by atoms with Crippen LogP contribution in [0.2, 0.25) is 10.1 Å². The minimum Gasteiger partial charge on any atom is -0.391 e. The molecule has 0 aromatic heterocycles. The average Bonchev–Trinajstić information content (AvgIpc) is 3.09. The van der Waals surface area contributed by atoms with Crippen LogP contribution < -0.4 is 0 Å². The van der Waals surface area contributed by atoms with E-state index in [4.69, 9.17) is 18.3 Å². The Morgan fingerprint density at radius 2 is 1.58 bits per heavy atom. The van der Waals surface area contributed by atoms with Gasteiger partial charge in [-0.05, 0) is 24.6 Å². The van der Waals surface area contributed by atoms with Gasteiger partial charge in [-0.3, -0.25) is 0 Å². The first-order valence-electron chi connectivity index (χ1n) is 11.9. The van der Waals surface area contributed by atoms with Gasteiger partial charge in [-0.2, -0.15) is 0 Å². The predicted octanol–water partition coefficient (Wildman–Crippen LogP) is 6.86. The van der Waals surface area contributed by atoms with Crippen molar-refractivity contribution in [2.45, 2.75) is 93.8 Å². The van der Waals surface area contributed by atoms with Crippen LogP contribution in [0.15, 0.2) is 59.5 Å². The van der Waals surface area contributed by atoms with Gasteiger partial charge in [0.15, 0.2) is 0 Å². The zero-order valence-electron chi connectivity index (χ0n) is 21.0. The Bertz CT molecular complexity index is 906. The second-order valence-corrected chi connectivity index (χ2v) is 17.2.